The van der Waals surface area contributed by atoms with Crippen molar-refractivity contribution in [3.63, 3.8) is 0 Å². The number of thioether (sulfide) groups is 1. The summed E-state index contributed by atoms with van der Waals surface area (Å²) in [4.78, 5) is 13.0. The van der Waals surface area contributed by atoms with Gasteiger partial charge in [-0.05, 0) is 92.1 Å². The molecular weight excluding hydrogens is 398 g/mol. The lowest BCUT2D eigenvalue weighted by atomic mass is 9.69. The molecule has 0 amide bonds. The van der Waals surface area contributed by atoms with E-state index in [2.05, 4.69) is 58.9 Å². The first-order valence-corrected chi connectivity index (χ1v) is 11.6. The number of rotatable bonds is 6. The van der Waals surface area contributed by atoms with Crippen molar-refractivity contribution < 1.29 is 4.79 Å². The number of allylic oxidation sites excluding steroid dienone is 9. The summed E-state index contributed by atoms with van der Waals surface area (Å²) in [5.74, 6) is 0.655. The number of benzene rings is 1. The van der Waals surface area contributed by atoms with Gasteiger partial charge in [0.2, 0.25) is 5.12 Å². The van der Waals surface area contributed by atoms with Gasteiger partial charge in [-0.2, -0.15) is 5.26 Å². The van der Waals surface area contributed by atoms with Gasteiger partial charge in [-0.1, -0.05) is 68.4 Å². The van der Waals surface area contributed by atoms with E-state index in [1.807, 2.05) is 25.1 Å². The number of nitriles is 1. The molecule has 162 valence electrons. The van der Waals surface area contributed by atoms with Crippen LogP contribution in [-0.4, -0.2) is 5.12 Å². The van der Waals surface area contributed by atoms with Crippen LogP contribution in [0.4, 0.5) is 0 Å². The summed E-state index contributed by atoms with van der Waals surface area (Å²) in [6.45, 7) is 13.3. The van der Waals surface area contributed by atoms with Crippen molar-refractivity contribution in [1.82, 2.24) is 0 Å². The summed E-state index contributed by atoms with van der Waals surface area (Å²) in [6.07, 6.45) is 14.6. The highest BCUT2D eigenvalue weighted by molar-refractivity contribution is 8.14. The highest BCUT2D eigenvalue weighted by Crippen LogP contribution is 2.43. The van der Waals surface area contributed by atoms with Gasteiger partial charge in [-0.15, -0.1) is 0 Å². The second kappa shape index (κ2) is 11.2. The molecule has 0 spiro atoms. The predicted octanol–water partition coefficient (Wildman–Crippen LogP) is 7.95. The van der Waals surface area contributed by atoms with Gasteiger partial charge in [-0.25, -0.2) is 0 Å². The molecule has 0 saturated carbocycles. The van der Waals surface area contributed by atoms with Crippen LogP contribution in [0.5, 0.6) is 0 Å². The lowest BCUT2D eigenvalue weighted by molar-refractivity contribution is -0.107. The zero-order chi connectivity index (χ0) is 23.0. The van der Waals surface area contributed by atoms with Gasteiger partial charge in [0, 0.05) is 4.90 Å². The highest BCUT2D eigenvalue weighted by atomic mass is 32.2. The topological polar surface area (TPSA) is 40.9 Å². The van der Waals surface area contributed by atoms with Gasteiger partial charge in [-0.3, -0.25) is 4.79 Å². The molecule has 1 aliphatic rings. The Hall–Kier alpha value is -2.57. The molecule has 1 atom stereocenters. The Morgan fingerprint density at radius 3 is 2.68 bits per heavy atom. The van der Waals surface area contributed by atoms with Crippen LogP contribution >= 0.6 is 11.8 Å². The molecule has 0 N–H and O–H groups in total. The first kappa shape index (κ1) is 24.7. The maximum atomic E-state index is 12.3. The van der Waals surface area contributed by atoms with Crippen molar-refractivity contribution in [2.75, 3.05) is 0 Å². The van der Waals surface area contributed by atoms with Crippen LogP contribution in [0.2, 0.25) is 0 Å². The van der Waals surface area contributed by atoms with E-state index in [1.54, 1.807) is 24.3 Å². The molecule has 0 aliphatic heterocycles. The van der Waals surface area contributed by atoms with Crippen LogP contribution in [0.1, 0.15) is 59.9 Å². The maximum Gasteiger partial charge on any atom is 0.217 e. The fourth-order valence-corrected chi connectivity index (χ4v) is 4.53. The van der Waals surface area contributed by atoms with Crippen molar-refractivity contribution in [2.45, 2.75) is 59.3 Å². The number of carbonyl (C=O) groups excluding carboxylic acids is 1. The summed E-state index contributed by atoms with van der Waals surface area (Å²) in [7, 11) is 0. The standard InChI is InChI=1S/C28H33NOS/c1-20(13-14-26-23(4)22(3)15-16-28(26,5)6)9-7-10-21(2)17-27(30)31-25-12-8-11-24(18-25)19-29/h7-14,17-18,22H,15-16H2,1-6H3/b10-7+,14-13+,20-9+,21-17-. The molecule has 2 nitrogen and oxygen atoms in total. The van der Waals surface area contributed by atoms with Crippen molar-refractivity contribution in [3.05, 3.63) is 88.6 Å². The fraction of sp³-hybridized carbons (Fsp3) is 0.357. The Labute approximate surface area is 192 Å². The molecule has 1 aromatic rings. The summed E-state index contributed by atoms with van der Waals surface area (Å²) < 4.78 is 0. The van der Waals surface area contributed by atoms with Crippen LogP contribution in [-0.2, 0) is 4.79 Å². The van der Waals surface area contributed by atoms with Gasteiger partial charge in [0.15, 0.2) is 0 Å². The quantitative estimate of drug-likeness (QED) is 0.261. The van der Waals surface area contributed by atoms with E-state index in [9.17, 15) is 4.79 Å². The second-order valence-corrected chi connectivity index (χ2v) is 10.1. The molecule has 0 heterocycles. The van der Waals surface area contributed by atoms with Crippen LogP contribution in [0, 0.1) is 22.7 Å². The summed E-state index contributed by atoms with van der Waals surface area (Å²) in [5, 5.41) is 8.92. The Morgan fingerprint density at radius 1 is 1.23 bits per heavy atom. The van der Waals surface area contributed by atoms with Gasteiger partial charge in [0.1, 0.15) is 0 Å². The number of nitrogens with zero attached hydrogens (tertiary/aromatic N) is 1. The van der Waals surface area contributed by atoms with E-state index >= 15 is 0 Å². The monoisotopic (exact) mass is 431 g/mol. The minimum Gasteiger partial charge on any atom is -0.282 e. The lowest BCUT2D eigenvalue weighted by Gasteiger charge is -2.36. The van der Waals surface area contributed by atoms with Gasteiger partial charge < -0.3 is 0 Å². The smallest absolute Gasteiger partial charge is 0.217 e. The SMILES string of the molecule is CC1=C(/C=C/C(C)=C/C=C/C(C)=C\C(=O)Sc2cccc(C#N)c2)C(C)(C)CCC1C. The Balaban J connectivity index is 2.00. The average molecular weight is 432 g/mol. The molecule has 1 aromatic carbocycles. The minimum atomic E-state index is -0.0473. The summed E-state index contributed by atoms with van der Waals surface area (Å²) in [6, 6.07) is 9.18. The van der Waals surface area contributed by atoms with Crippen LogP contribution in [0.3, 0.4) is 0 Å². The highest BCUT2D eigenvalue weighted by Gasteiger charge is 2.29. The van der Waals surface area contributed by atoms with Gasteiger partial charge in [0.05, 0.1) is 11.6 Å². The third-order valence-corrected chi connectivity index (χ3v) is 6.66. The second-order valence-electron chi connectivity index (χ2n) is 8.97. The number of carbonyl (C=O) groups is 1. The Morgan fingerprint density at radius 2 is 1.97 bits per heavy atom. The summed E-state index contributed by atoms with van der Waals surface area (Å²) in [5.41, 5.74) is 5.82. The molecule has 1 unspecified atom stereocenters. The van der Waals surface area contributed by atoms with Crippen LogP contribution in [0.15, 0.2) is 87.9 Å². The number of hydrogen-bond acceptors (Lipinski definition) is 3. The Bertz CT molecular complexity index is 1010. The van der Waals surface area contributed by atoms with E-state index in [0.29, 0.717) is 11.5 Å². The van der Waals surface area contributed by atoms with Crippen molar-refractivity contribution >= 4 is 16.9 Å². The van der Waals surface area contributed by atoms with Gasteiger partial charge >= 0.3 is 0 Å². The van der Waals surface area contributed by atoms with Crippen molar-refractivity contribution in [2.24, 2.45) is 11.3 Å². The van der Waals surface area contributed by atoms with Crippen molar-refractivity contribution in [3.8, 4) is 6.07 Å². The normalized spacial score (nSPS) is 19.8. The molecule has 2 rings (SSSR count). The molecule has 0 fully saturated rings. The largest absolute Gasteiger partial charge is 0.282 e. The zero-order valence-electron chi connectivity index (χ0n) is 19.5. The van der Waals surface area contributed by atoms with E-state index in [4.69, 9.17) is 5.26 Å². The maximum absolute atomic E-state index is 12.3. The number of hydrogen-bond donors (Lipinski definition) is 0. The minimum absolute atomic E-state index is 0.0473. The molecule has 0 bridgehead atoms. The first-order chi connectivity index (χ1) is 14.6. The fourth-order valence-electron chi connectivity index (χ4n) is 3.72. The summed E-state index contributed by atoms with van der Waals surface area (Å²) >= 11 is 1.13. The van der Waals surface area contributed by atoms with E-state index in [-0.39, 0.29) is 10.5 Å². The van der Waals surface area contributed by atoms with E-state index in [1.165, 1.54) is 29.6 Å². The third-order valence-electron chi connectivity index (χ3n) is 5.85. The first-order valence-electron chi connectivity index (χ1n) is 10.8. The van der Waals surface area contributed by atoms with Crippen molar-refractivity contribution in [1.29, 1.82) is 5.26 Å². The molecule has 1 aliphatic carbocycles. The zero-order valence-corrected chi connectivity index (χ0v) is 20.3. The van der Waals surface area contributed by atoms with E-state index in [0.717, 1.165) is 22.2 Å². The molecular formula is C28H33NOS. The van der Waals surface area contributed by atoms with Crippen LogP contribution < -0.4 is 0 Å². The molecule has 0 aromatic heterocycles. The molecule has 0 saturated heterocycles. The molecule has 31 heavy (non-hydrogen) atoms. The third kappa shape index (κ3) is 7.56. The molecule has 3 heteroatoms. The van der Waals surface area contributed by atoms with Gasteiger partial charge in [0.25, 0.3) is 0 Å². The van der Waals surface area contributed by atoms with E-state index < -0.39 is 0 Å². The predicted molar refractivity (Wildman–Crippen MR) is 133 cm³/mol. The molecule has 0 radical (unpaired) electrons. The lowest BCUT2D eigenvalue weighted by Crippen LogP contribution is -2.23. The average Bonchev–Trinajstić information content (AvgIpc) is 2.70. The van der Waals surface area contributed by atoms with Crippen LogP contribution in [0.25, 0.3) is 0 Å². The Kier molecular flexibility index (Phi) is 8.89.